The molecule has 0 saturated heterocycles. The van der Waals surface area contributed by atoms with Gasteiger partial charge in [-0.3, -0.25) is 4.79 Å². The molecule has 1 aliphatic rings. The lowest BCUT2D eigenvalue weighted by Crippen LogP contribution is -2.50. The monoisotopic (exact) mass is 333 g/mol. The van der Waals surface area contributed by atoms with E-state index in [0.717, 1.165) is 32.1 Å². The Morgan fingerprint density at radius 3 is 2.57 bits per heavy atom. The third-order valence-electron chi connectivity index (χ3n) is 4.34. The van der Waals surface area contributed by atoms with Crippen molar-refractivity contribution in [2.75, 3.05) is 0 Å². The summed E-state index contributed by atoms with van der Waals surface area (Å²) < 4.78 is 0. The Morgan fingerprint density at radius 2 is 2.00 bits per heavy atom. The highest BCUT2D eigenvalue weighted by Crippen LogP contribution is 2.27. The number of nitrogens with zero attached hydrogens (tertiary/aromatic N) is 1. The molecule has 2 rings (SSSR count). The van der Waals surface area contributed by atoms with Crippen LogP contribution in [0, 0.1) is 12.3 Å². The molecule has 1 aromatic rings. The van der Waals surface area contributed by atoms with Gasteiger partial charge in [0.15, 0.2) is 0 Å². The highest BCUT2D eigenvalue weighted by atomic mass is 35.5. The smallest absolute Gasteiger partial charge is 0.326 e. The van der Waals surface area contributed by atoms with E-state index in [0.29, 0.717) is 16.1 Å². The quantitative estimate of drug-likeness (QED) is 0.857. The first kappa shape index (κ1) is 17.4. The van der Waals surface area contributed by atoms with Crippen LogP contribution < -0.4 is 0 Å². The van der Waals surface area contributed by atoms with Crippen molar-refractivity contribution < 1.29 is 14.7 Å². The Labute approximate surface area is 141 Å². The standard InChI is InChI=1S/C18H20ClNO3/c1-3-13-11-14(19)9-10-16(13)17(21)20(12(2)18(22)23)15-7-5-4-6-8-15/h1,9-12,15H,4-8H2,2H3,(H,22,23). The number of carbonyl (C=O) groups is 2. The molecule has 0 aliphatic heterocycles. The first-order chi connectivity index (χ1) is 11.0. The maximum atomic E-state index is 13.0. The molecule has 5 heteroatoms. The summed E-state index contributed by atoms with van der Waals surface area (Å²) in [6, 6.07) is 3.76. The van der Waals surface area contributed by atoms with Crippen LogP contribution in [-0.2, 0) is 4.79 Å². The predicted molar refractivity (Wildman–Crippen MR) is 89.5 cm³/mol. The first-order valence-corrected chi connectivity index (χ1v) is 8.15. The van der Waals surface area contributed by atoms with Crippen molar-refractivity contribution in [3.8, 4) is 12.3 Å². The second-order valence-electron chi connectivity index (χ2n) is 5.85. The molecule has 23 heavy (non-hydrogen) atoms. The number of rotatable bonds is 4. The van der Waals surface area contributed by atoms with E-state index < -0.39 is 12.0 Å². The summed E-state index contributed by atoms with van der Waals surface area (Å²) in [5.74, 6) is 1.11. The number of carboxylic acids is 1. The van der Waals surface area contributed by atoms with Crippen LogP contribution >= 0.6 is 11.6 Å². The van der Waals surface area contributed by atoms with Crippen molar-refractivity contribution in [2.24, 2.45) is 0 Å². The Balaban J connectivity index is 2.40. The minimum Gasteiger partial charge on any atom is -0.480 e. The lowest BCUT2D eigenvalue weighted by molar-refractivity contribution is -0.142. The number of benzene rings is 1. The summed E-state index contributed by atoms with van der Waals surface area (Å²) in [5.41, 5.74) is 0.719. The highest BCUT2D eigenvalue weighted by Gasteiger charge is 2.34. The minimum atomic E-state index is -1.01. The molecule has 0 radical (unpaired) electrons. The van der Waals surface area contributed by atoms with Gasteiger partial charge in [-0.1, -0.05) is 36.8 Å². The van der Waals surface area contributed by atoms with Crippen LogP contribution in [0.2, 0.25) is 5.02 Å². The van der Waals surface area contributed by atoms with Gasteiger partial charge in [-0.05, 0) is 38.0 Å². The largest absolute Gasteiger partial charge is 0.480 e. The number of carboxylic acid groups (broad SMARTS) is 1. The van der Waals surface area contributed by atoms with Crippen LogP contribution in [0.3, 0.4) is 0 Å². The molecule has 0 heterocycles. The topological polar surface area (TPSA) is 57.6 Å². The zero-order valence-electron chi connectivity index (χ0n) is 13.1. The van der Waals surface area contributed by atoms with Crippen molar-refractivity contribution in [1.82, 2.24) is 4.90 Å². The summed E-state index contributed by atoms with van der Waals surface area (Å²) in [4.78, 5) is 26.0. The van der Waals surface area contributed by atoms with E-state index in [9.17, 15) is 14.7 Å². The minimum absolute atomic E-state index is 0.0661. The molecular formula is C18H20ClNO3. The number of hydrogen-bond acceptors (Lipinski definition) is 2. The van der Waals surface area contributed by atoms with Gasteiger partial charge < -0.3 is 10.0 Å². The number of terminal acetylenes is 1. The summed E-state index contributed by atoms with van der Waals surface area (Å²) >= 11 is 5.93. The molecule has 1 N–H and O–H groups in total. The van der Waals surface area contributed by atoms with Gasteiger partial charge in [0, 0.05) is 16.6 Å². The van der Waals surface area contributed by atoms with Crippen LogP contribution in [0.5, 0.6) is 0 Å². The summed E-state index contributed by atoms with van der Waals surface area (Å²) in [7, 11) is 0. The molecule has 1 amide bonds. The van der Waals surface area contributed by atoms with E-state index in [1.165, 1.54) is 4.90 Å². The van der Waals surface area contributed by atoms with Gasteiger partial charge in [0.25, 0.3) is 5.91 Å². The fourth-order valence-electron chi connectivity index (χ4n) is 3.10. The van der Waals surface area contributed by atoms with Crippen LogP contribution in [0.1, 0.15) is 54.9 Å². The number of amides is 1. The van der Waals surface area contributed by atoms with Gasteiger partial charge in [0.2, 0.25) is 0 Å². The second kappa shape index (κ2) is 7.52. The van der Waals surface area contributed by atoms with Gasteiger partial charge in [0.1, 0.15) is 6.04 Å². The second-order valence-corrected chi connectivity index (χ2v) is 6.29. The molecule has 0 aromatic heterocycles. The zero-order valence-corrected chi connectivity index (χ0v) is 13.8. The van der Waals surface area contributed by atoms with E-state index in [2.05, 4.69) is 5.92 Å². The van der Waals surface area contributed by atoms with Gasteiger partial charge in [0.05, 0.1) is 5.56 Å². The van der Waals surface area contributed by atoms with Crippen LogP contribution in [0.25, 0.3) is 0 Å². The van der Waals surface area contributed by atoms with Crippen molar-refractivity contribution in [3.63, 3.8) is 0 Å². The number of halogens is 1. The molecule has 1 atom stereocenters. The summed E-state index contributed by atoms with van der Waals surface area (Å²) in [6.45, 7) is 1.54. The molecule has 1 aliphatic carbocycles. The first-order valence-electron chi connectivity index (χ1n) is 7.77. The SMILES string of the molecule is C#Cc1cc(Cl)ccc1C(=O)N(C1CCCCC1)C(C)C(=O)O. The Bertz CT molecular complexity index is 644. The lowest BCUT2D eigenvalue weighted by atomic mass is 9.92. The fraction of sp³-hybridized carbons (Fsp3) is 0.444. The van der Waals surface area contributed by atoms with Gasteiger partial charge in [-0.15, -0.1) is 6.42 Å². The molecule has 0 spiro atoms. The average molecular weight is 334 g/mol. The Kier molecular flexibility index (Phi) is 5.68. The highest BCUT2D eigenvalue weighted by molar-refractivity contribution is 6.30. The number of aliphatic carboxylic acids is 1. The van der Waals surface area contributed by atoms with E-state index in [1.54, 1.807) is 25.1 Å². The molecule has 1 fully saturated rings. The van der Waals surface area contributed by atoms with E-state index >= 15 is 0 Å². The van der Waals surface area contributed by atoms with Crippen LogP contribution in [0.15, 0.2) is 18.2 Å². The van der Waals surface area contributed by atoms with Crippen LogP contribution in [-0.4, -0.2) is 34.0 Å². The Hall–Kier alpha value is -1.99. The van der Waals surface area contributed by atoms with Crippen molar-refractivity contribution in [2.45, 2.75) is 51.1 Å². The predicted octanol–water partition coefficient (Wildman–Crippen LogP) is 3.57. The molecular weight excluding hydrogens is 314 g/mol. The van der Waals surface area contributed by atoms with E-state index in [-0.39, 0.29) is 11.9 Å². The van der Waals surface area contributed by atoms with Crippen molar-refractivity contribution in [1.29, 1.82) is 0 Å². The zero-order chi connectivity index (χ0) is 17.0. The lowest BCUT2D eigenvalue weighted by Gasteiger charge is -2.37. The van der Waals surface area contributed by atoms with Crippen molar-refractivity contribution >= 4 is 23.5 Å². The summed E-state index contributed by atoms with van der Waals surface area (Å²) in [5, 5.41) is 9.84. The Morgan fingerprint density at radius 1 is 1.35 bits per heavy atom. The molecule has 1 aromatic carbocycles. The normalized spacial score (nSPS) is 16.4. The van der Waals surface area contributed by atoms with Gasteiger partial charge in [-0.25, -0.2) is 4.79 Å². The van der Waals surface area contributed by atoms with Gasteiger partial charge >= 0.3 is 5.97 Å². The maximum absolute atomic E-state index is 13.0. The van der Waals surface area contributed by atoms with Gasteiger partial charge in [-0.2, -0.15) is 0 Å². The number of carbonyl (C=O) groups excluding carboxylic acids is 1. The molecule has 122 valence electrons. The maximum Gasteiger partial charge on any atom is 0.326 e. The molecule has 1 unspecified atom stereocenters. The van der Waals surface area contributed by atoms with Crippen molar-refractivity contribution in [3.05, 3.63) is 34.3 Å². The third-order valence-corrected chi connectivity index (χ3v) is 4.58. The van der Waals surface area contributed by atoms with Crippen LogP contribution in [0.4, 0.5) is 0 Å². The summed E-state index contributed by atoms with van der Waals surface area (Å²) in [6.07, 6.45) is 10.2. The fourth-order valence-corrected chi connectivity index (χ4v) is 3.27. The van der Waals surface area contributed by atoms with E-state index in [1.807, 2.05) is 0 Å². The molecule has 4 nitrogen and oxygen atoms in total. The average Bonchev–Trinajstić information content (AvgIpc) is 2.55. The third kappa shape index (κ3) is 3.86. The molecule has 1 saturated carbocycles. The molecule has 0 bridgehead atoms. The van der Waals surface area contributed by atoms with E-state index in [4.69, 9.17) is 18.0 Å². The number of hydrogen-bond donors (Lipinski definition) is 1.